The van der Waals surface area contributed by atoms with E-state index in [1.165, 1.54) is 0 Å². The molecule has 17 heavy (non-hydrogen) atoms. The van der Waals surface area contributed by atoms with Crippen LogP contribution in [0.4, 0.5) is 5.82 Å². The SMILES string of the molecule is COCC(O)(c1ccc(N(C)C)nc1)C(C)C. The molecular weight excluding hydrogens is 216 g/mol. The van der Waals surface area contributed by atoms with Gasteiger partial charge in [-0.25, -0.2) is 4.98 Å². The molecule has 0 bridgehead atoms. The summed E-state index contributed by atoms with van der Waals surface area (Å²) in [5.74, 6) is 0.937. The molecule has 1 heterocycles. The van der Waals surface area contributed by atoms with Crippen LogP contribution in [0.15, 0.2) is 18.3 Å². The lowest BCUT2D eigenvalue weighted by Crippen LogP contribution is -2.37. The first-order valence-electron chi connectivity index (χ1n) is 5.77. The molecule has 1 N–H and O–H groups in total. The molecule has 0 saturated heterocycles. The average Bonchev–Trinajstić information content (AvgIpc) is 2.29. The predicted molar refractivity (Wildman–Crippen MR) is 69.2 cm³/mol. The highest BCUT2D eigenvalue weighted by atomic mass is 16.5. The van der Waals surface area contributed by atoms with Crippen LogP contribution in [-0.4, -0.2) is 37.9 Å². The maximum atomic E-state index is 10.6. The van der Waals surface area contributed by atoms with Crippen molar-refractivity contribution >= 4 is 5.82 Å². The Kier molecular flexibility index (Phi) is 4.48. The minimum absolute atomic E-state index is 0.0643. The van der Waals surface area contributed by atoms with Crippen LogP contribution < -0.4 is 4.90 Å². The van der Waals surface area contributed by atoms with Crippen molar-refractivity contribution in [1.29, 1.82) is 0 Å². The highest BCUT2D eigenvalue weighted by molar-refractivity contribution is 5.38. The Bertz CT molecular complexity index is 349. The van der Waals surface area contributed by atoms with Crippen molar-refractivity contribution in [2.75, 3.05) is 32.7 Å². The van der Waals surface area contributed by atoms with Crippen molar-refractivity contribution in [1.82, 2.24) is 4.98 Å². The number of methoxy groups -OCH3 is 1. The van der Waals surface area contributed by atoms with Gasteiger partial charge in [-0.05, 0) is 12.0 Å². The second-order valence-corrected chi connectivity index (χ2v) is 4.81. The summed E-state index contributed by atoms with van der Waals surface area (Å²) in [5.41, 5.74) is -0.188. The Morgan fingerprint density at radius 3 is 2.41 bits per heavy atom. The molecule has 1 aromatic rings. The number of hydrogen-bond donors (Lipinski definition) is 1. The van der Waals surface area contributed by atoms with E-state index in [1.54, 1.807) is 13.3 Å². The summed E-state index contributed by atoms with van der Waals surface area (Å²) in [6.45, 7) is 4.21. The molecule has 1 rings (SSSR count). The molecule has 4 heteroatoms. The molecule has 0 fully saturated rings. The maximum absolute atomic E-state index is 10.6. The van der Waals surface area contributed by atoms with Crippen LogP contribution in [0.1, 0.15) is 19.4 Å². The van der Waals surface area contributed by atoms with E-state index in [9.17, 15) is 5.11 Å². The van der Waals surface area contributed by atoms with Gasteiger partial charge in [0.1, 0.15) is 11.4 Å². The summed E-state index contributed by atoms with van der Waals surface area (Å²) in [6, 6.07) is 3.81. The standard InChI is InChI=1S/C13H22N2O2/c1-10(2)13(16,9-17-5)11-6-7-12(14-8-11)15(3)4/h6-8,10,16H,9H2,1-5H3. The van der Waals surface area contributed by atoms with E-state index >= 15 is 0 Å². The first-order chi connectivity index (χ1) is 7.91. The first kappa shape index (κ1) is 13.9. The van der Waals surface area contributed by atoms with Gasteiger partial charge in [-0.15, -0.1) is 0 Å². The van der Waals surface area contributed by atoms with Crippen molar-refractivity contribution in [3.05, 3.63) is 23.9 Å². The summed E-state index contributed by atoms with van der Waals surface area (Å²) in [6.07, 6.45) is 1.72. The van der Waals surface area contributed by atoms with E-state index < -0.39 is 5.60 Å². The van der Waals surface area contributed by atoms with E-state index in [-0.39, 0.29) is 12.5 Å². The van der Waals surface area contributed by atoms with Crippen molar-refractivity contribution in [2.45, 2.75) is 19.4 Å². The van der Waals surface area contributed by atoms with E-state index in [2.05, 4.69) is 4.98 Å². The fourth-order valence-electron chi connectivity index (χ4n) is 1.71. The maximum Gasteiger partial charge on any atom is 0.127 e. The molecular formula is C13H22N2O2. The fourth-order valence-corrected chi connectivity index (χ4v) is 1.71. The normalized spacial score (nSPS) is 14.8. The van der Waals surface area contributed by atoms with Gasteiger partial charge in [0.25, 0.3) is 0 Å². The molecule has 0 aliphatic rings. The molecule has 0 aliphatic heterocycles. The van der Waals surface area contributed by atoms with Gasteiger partial charge < -0.3 is 14.7 Å². The summed E-state index contributed by atoms with van der Waals surface area (Å²) < 4.78 is 5.11. The number of anilines is 1. The molecule has 4 nitrogen and oxygen atoms in total. The second kappa shape index (κ2) is 5.47. The highest BCUT2D eigenvalue weighted by Gasteiger charge is 2.33. The Labute approximate surface area is 103 Å². The third kappa shape index (κ3) is 2.96. The quantitative estimate of drug-likeness (QED) is 0.847. The van der Waals surface area contributed by atoms with Gasteiger partial charge in [0, 0.05) is 33.0 Å². The first-order valence-corrected chi connectivity index (χ1v) is 5.77. The average molecular weight is 238 g/mol. The van der Waals surface area contributed by atoms with Gasteiger partial charge in [0.15, 0.2) is 0 Å². The monoisotopic (exact) mass is 238 g/mol. The summed E-state index contributed by atoms with van der Waals surface area (Å²) >= 11 is 0. The predicted octanol–water partition coefficient (Wildman–Crippen LogP) is 1.64. The van der Waals surface area contributed by atoms with Crippen LogP contribution >= 0.6 is 0 Å². The van der Waals surface area contributed by atoms with Crippen LogP contribution in [0.3, 0.4) is 0 Å². The molecule has 0 saturated carbocycles. The minimum Gasteiger partial charge on any atom is -0.382 e. The molecule has 0 radical (unpaired) electrons. The topological polar surface area (TPSA) is 45.6 Å². The van der Waals surface area contributed by atoms with E-state index in [0.717, 1.165) is 11.4 Å². The van der Waals surface area contributed by atoms with Crippen LogP contribution in [0.25, 0.3) is 0 Å². The van der Waals surface area contributed by atoms with E-state index in [0.29, 0.717) is 0 Å². The van der Waals surface area contributed by atoms with E-state index in [1.807, 2.05) is 45.0 Å². The Morgan fingerprint density at radius 2 is 2.06 bits per heavy atom. The van der Waals surface area contributed by atoms with Crippen molar-refractivity contribution in [2.24, 2.45) is 5.92 Å². The van der Waals surface area contributed by atoms with Gasteiger partial charge in [0.2, 0.25) is 0 Å². The van der Waals surface area contributed by atoms with Crippen LogP contribution in [0.5, 0.6) is 0 Å². The minimum atomic E-state index is -0.980. The zero-order chi connectivity index (χ0) is 13.1. The lowest BCUT2D eigenvalue weighted by atomic mass is 9.85. The Balaban J connectivity index is 3.04. The lowest BCUT2D eigenvalue weighted by molar-refractivity contribution is -0.0702. The van der Waals surface area contributed by atoms with Gasteiger partial charge in [-0.1, -0.05) is 19.9 Å². The number of aliphatic hydroxyl groups is 1. The third-order valence-corrected chi connectivity index (χ3v) is 3.03. The number of aromatic nitrogens is 1. The van der Waals surface area contributed by atoms with Gasteiger partial charge in [-0.3, -0.25) is 0 Å². The zero-order valence-electron chi connectivity index (χ0n) is 11.3. The summed E-state index contributed by atoms with van der Waals surface area (Å²) in [4.78, 5) is 6.24. The van der Waals surface area contributed by atoms with Gasteiger partial charge >= 0.3 is 0 Å². The number of ether oxygens (including phenoxy) is 1. The number of nitrogens with zero attached hydrogens (tertiary/aromatic N) is 2. The molecule has 1 unspecified atom stereocenters. The van der Waals surface area contributed by atoms with Gasteiger partial charge in [-0.2, -0.15) is 0 Å². The molecule has 1 atom stereocenters. The smallest absolute Gasteiger partial charge is 0.127 e. The largest absolute Gasteiger partial charge is 0.382 e. The highest BCUT2D eigenvalue weighted by Crippen LogP contribution is 2.30. The van der Waals surface area contributed by atoms with Crippen molar-refractivity contribution in [3.8, 4) is 0 Å². The summed E-state index contributed by atoms with van der Waals surface area (Å²) in [5, 5.41) is 10.6. The Morgan fingerprint density at radius 1 is 1.41 bits per heavy atom. The lowest BCUT2D eigenvalue weighted by Gasteiger charge is -2.31. The zero-order valence-corrected chi connectivity index (χ0v) is 11.3. The molecule has 0 aromatic carbocycles. The Hall–Kier alpha value is -1.13. The molecule has 0 spiro atoms. The van der Waals surface area contributed by atoms with Crippen LogP contribution in [0, 0.1) is 5.92 Å². The number of hydrogen-bond acceptors (Lipinski definition) is 4. The molecule has 0 aliphatic carbocycles. The molecule has 1 aromatic heterocycles. The molecule has 96 valence electrons. The van der Waals surface area contributed by atoms with Gasteiger partial charge in [0.05, 0.1) is 6.61 Å². The number of rotatable bonds is 5. The fraction of sp³-hybridized carbons (Fsp3) is 0.615. The summed E-state index contributed by atoms with van der Waals surface area (Å²) in [7, 11) is 5.46. The van der Waals surface area contributed by atoms with E-state index in [4.69, 9.17) is 4.74 Å². The van der Waals surface area contributed by atoms with Crippen LogP contribution in [0.2, 0.25) is 0 Å². The third-order valence-electron chi connectivity index (χ3n) is 3.03. The van der Waals surface area contributed by atoms with Crippen molar-refractivity contribution < 1.29 is 9.84 Å². The molecule has 0 amide bonds. The van der Waals surface area contributed by atoms with Crippen LogP contribution in [-0.2, 0) is 10.3 Å². The van der Waals surface area contributed by atoms with Crippen molar-refractivity contribution in [3.63, 3.8) is 0 Å². The second-order valence-electron chi connectivity index (χ2n) is 4.81. The number of pyridine rings is 1.